The zero-order chi connectivity index (χ0) is 41.1. The van der Waals surface area contributed by atoms with E-state index in [-0.39, 0.29) is 18.5 Å². The summed E-state index contributed by atoms with van der Waals surface area (Å²) in [5, 5.41) is 0.876. The minimum Gasteiger partial charge on any atom is -0.493 e. The molecule has 306 valence electrons. The van der Waals surface area contributed by atoms with Crippen molar-refractivity contribution in [3.8, 4) is 45.3 Å². The Balaban J connectivity index is 1.17. The van der Waals surface area contributed by atoms with E-state index in [0.717, 1.165) is 24.3 Å². The maximum atomic E-state index is 13.6. The third-order valence-corrected chi connectivity index (χ3v) is 11.2. The number of likely N-dealkylation sites (tertiary alicyclic amines) is 1. The van der Waals surface area contributed by atoms with Gasteiger partial charge in [0.1, 0.15) is 5.60 Å². The molecule has 15 heteroatoms. The Labute approximate surface area is 348 Å². The van der Waals surface area contributed by atoms with Crippen LogP contribution in [-0.4, -0.2) is 111 Å². The highest BCUT2D eigenvalue weighted by Gasteiger charge is 2.33. The number of aromatic nitrogens is 4. The Morgan fingerprint density at radius 3 is 2.33 bits per heavy atom. The molecule has 0 bridgehead atoms. The SMILES string of the molecule is COc1nc(-c2cccc(-c3ccnc(-c4cc(OC)c5nc(CN6CCOCC6)cn5c4)c3Cl)c2Cl)ccc1CN(C(=O)OC(C)(C)C)C1CCN(C(C)=O)CC1. The number of carbonyl (C=O) groups is 2. The average molecular weight is 831 g/mol. The van der Waals surface area contributed by atoms with E-state index in [4.69, 9.17) is 57.1 Å². The number of benzene rings is 1. The number of carbonyl (C=O) groups excluding carboxylic acids is 2. The predicted molar refractivity (Wildman–Crippen MR) is 223 cm³/mol. The molecule has 2 fully saturated rings. The van der Waals surface area contributed by atoms with Crippen molar-refractivity contribution >= 4 is 40.8 Å². The number of hydrogen-bond acceptors (Lipinski definition) is 10. The average Bonchev–Trinajstić information content (AvgIpc) is 3.62. The van der Waals surface area contributed by atoms with Gasteiger partial charge in [0.2, 0.25) is 11.8 Å². The Morgan fingerprint density at radius 1 is 0.914 bits per heavy atom. The zero-order valence-electron chi connectivity index (χ0n) is 33.8. The molecule has 2 amide bonds. The first-order chi connectivity index (χ1) is 27.8. The van der Waals surface area contributed by atoms with Gasteiger partial charge in [-0.3, -0.25) is 14.7 Å². The molecule has 0 spiro atoms. The molecule has 0 radical (unpaired) electrons. The largest absolute Gasteiger partial charge is 0.493 e. The third kappa shape index (κ3) is 9.02. The van der Waals surface area contributed by atoms with E-state index in [9.17, 15) is 9.59 Å². The molecule has 4 aromatic heterocycles. The standard InChI is InChI=1S/C43H49Cl2N7O6/c1-27(53)50-16-13-31(14-17-50)52(42(54)58-43(2,3)4)24-28-10-11-35(48-41(28)56-6)34-9-7-8-32(37(34)44)33-12-15-46-39(38(33)45)29-22-36(55-5)40-47-30(26-51(40)23-29)25-49-18-20-57-21-19-49/h7-12,15,22-23,26,31H,13-14,16-21,24-25H2,1-6H3. The number of halogens is 2. The summed E-state index contributed by atoms with van der Waals surface area (Å²) in [6.45, 7) is 12.3. The monoisotopic (exact) mass is 829 g/mol. The lowest BCUT2D eigenvalue weighted by atomic mass is 9.99. The van der Waals surface area contributed by atoms with E-state index < -0.39 is 11.7 Å². The first-order valence-corrected chi connectivity index (χ1v) is 20.2. The van der Waals surface area contributed by atoms with Gasteiger partial charge in [-0.1, -0.05) is 41.4 Å². The first kappa shape index (κ1) is 41.2. The minimum absolute atomic E-state index is 0.0279. The Bertz CT molecular complexity index is 2300. The van der Waals surface area contributed by atoms with Crippen LogP contribution in [0.2, 0.25) is 10.0 Å². The van der Waals surface area contributed by atoms with Crippen LogP contribution in [-0.2, 0) is 27.4 Å². The summed E-state index contributed by atoms with van der Waals surface area (Å²) < 4.78 is 24.9. The summed E-state index contributed by atoms with van der Waals surface area (Å²) in [6.07, 6.45) is 6.52. The number of rotatable bonds is 10. The second kappa shape index (κ2) is 17.5. The van der Waals surface area contributed by atoms with Crippen LogP contribution in [0.3, 0.4) is 0 Å². The molecular formula is C43H49Cl2N7O6. The highest BCUT2D eigenvalue weighted by Crippen LogP contribution is 2.42. The van der Waals surface area contributed by atoms with Crippen molar-refractivity contribution < 1.29 is 28.5 Å². The lowest BCUT2D eigenvalue weighted by molar-refractivity contribution is -0.130. The second-order valence-corrected chi connectivity index (χ2v) is 16.3. The van der Waals surface area contributed by atoms with Crippen molar-refractivity contribution in [3.05, 3.63) is 82.4 Å². The van der Waals surface area contributed by atoms with Gasteiger partial charge in [0, 0.05) is 92.1 Å². The number of amides is 2. The molecule has 0 N–H and O–H groups in total. The van der Waals surface area contributed by atoms with E-state index in [1.54, 1.807) is 37.1 Å². The van der Waals surface area contributed by atoms with Crippen molar-refractivity contribution in [3.63, 3.8) is 0 Å². The number of methoxy groups -OCH3 is 2. The quantitative estimate of drug-likeness (QED) is 0.137. The fraction of sp³-hybridized carbons (Fsp3) is 0.419. The van der Waals surface area contributed by atoms with Gasteiger partial charge in [-0.15, -0.1) is 0 Å². The summed E-state index contributed by atoms with van der Waals surface area (Å²) in [6, 6.07) is 13.1. The lowest BCUT2D eigenvalue weighted by Crippen LogP contribution is -2.49. The van der Waals surface area contributed by atoms with Crippen molar-refractivity contribution in [2.45, 2.75) is 65.3 Å². The van der Waals surface area contributed by atoms with Crippen LogP contribution in [0.5, 0.6) is 11.6 Å². The summed E-state index contributed by atoms with van der Waals surface area (Å²) in [7, 11) is 3.18. The molecule has 58 heavy (non-hydrogen) atoms. The molecule has 13 nitrogen and oxygen atoms in total. The smallest absolute Gasteiger partial charge is 0.410 e. The fourth-order valence-electron chi connectivity index (χ4n) is 7.51. The van der Waals surface area contributed by atoms with Crippen LogP contribution in [0.4, 0.5) is 4.79 Å². The molecule has 6 heterocycles. The van der Waals surface area contributed by atoms with Crippen molar-refractivity contribution in [1.29, 1.82) is 0 Å². The zero-order valence-corrected chi connectivity index (χ0v) is 35.3. The van der Waals surface area contributed by atoms with Gasteiger partial charge in [0.25, 0.3) is 0 Å². The normalized spacial score (nSPS) is 15.4. The molecule has 2 aliphatic heterocycles. The number of pyridine rings is 3. The van der Waals surface area contributed by atoms with E-state index in [1.165, 1.54) is 0 Å². The highest BCUT2D eigenvalue weighted by molar-refractivity contribution is 6.39. The number of imidazole rings is 1. The van der Waals surface area contributed by atoms with Crippen molar-refractivity contribution in [2.24, 2.45) is 0 Å². The van der Waals surface area contributed by atoms with E-state index in [0.29, 0.717) is 107 Å². The molecule has 0 saturated carbocycles. The second-order valence-electron chi connectivity index (χ2n) is 15.5. The molecule has 7 rings (SSSR count). The van der Waals surface area contributed by atoms with E-state index in [2.05, 4.69) is 4.90 Å². The Kier molecular flexibility index (Phi) is 12.4. The Morgan fingerprint density at radius 2 is 1.64 bits per heavy atom. The number of hydrogen-bond donors (Lipinski definition) is 0. The van der Waals surface area contributed by atoms with E-state index in [1.807, 2.05) is 80.0 Å². The van der Waals surface area contributed by atoms with Gasteiger partial charge in [-0.25, -0.2) is 14.8 Å². The minimum atomic E-state index is -0.685. The topological polar surface area (TPSA) is 124 Å². The number of nitrogens with zero attached hydrogens (tertiary/aromatic N) is 7. The molecule has 2 aliphatic rings. The van der Waals surface area contributed by atoms with Crippen LogP contribution >= 0.6 is 23.2 Å². The van der Waals surface area contributed by atoms with Crippen LogP contribution in [0.25, 0.3) is 39.3 Å². The fourth-order valence-corrected chi connectivity index (χ4v) is 8.16. The lowest BCUT2D eigenvalue weighted by Gasteiger charge is -2.39. The van der Waals surface area contributed by atoms with Crippen LogP contribution in [0.15, 0.2) is 61.1 Å². The molecule has 2 saturated heterocycles. The van der Waals surface area contributed by atoms with E-state index >= 15 is 0 Å². The summed E-state index contributed by atoms with van der Waals surface area (Å²) >= 11 is 14.4. The van der Waals surface area contributed by atoms with Crippen LogP contribution in [0, 0.1) is 0 Å². The highest BCUT2D eigenvalue weighted by atomic mass is 35.5. The van der Waals surface area contributed by atoms with Gasteiger partial charge in [-0.05, 0) is 57.9 Å². The van der Waals surface area contributed by atoms with Gasteiger partial charge < -0.3 is 33.1 Å². The predicted octanol–water partition coefficient (Wildman–Crippen LogP) is 8.03. The van der Waals surface area contributed by atoms with Gasteiger partial charge in [0.15, 0.2) is 11.4 Å². The first-order valence-electron chi connectivity index (χ1n) is 19.4. The maximum absolute atomic E-state index is 13.6. The van der Waals surface area contributed by atoms with Crippen LogP contribution in [0.1, 0.15) is 51.8 Å². The maximum Gasteiger partial charge on any atom is 0.410 e. The van der Waals surface area contributed by atoms with Crippen LogP contribution < -0.4 is 9.47 Å². The summed E-state index contributed by atoms with van der Waals surface area (Å²) in [4.78, 5) is 45.9. The van der Waals surface area contributed by atoms with Gasteiger partial charge in [-0.2, -0.15) is 0 Å². The number of piperidine rings is 1. The number of morpholine rings is 1. The molecule has 0 atom stereocenters. The Hall–Kier alpha value is -4.95. The summed E-state index contributed by atoms with van der Waals surface area (Å²) in [5.74, 6) is 0.986. The molecule has 1 aromatic carbocycles. The molecule has 0 unspecified atom stereocenters. The van der Waals surface area contributed by atoms with Gasteiger partial charge >= 0.3 is 6.09 Å². The van der Waals surface area contributed by atoms with Gasteiger partial charge in [0.05, 0.1) is 61.1 Å². The number of ether oxygens (including phenoxy) is 4. The van der Waals surface area contributed by atoms with Crippen molar-refractivity contribution in [1.82, 2.24) is 34.1 Å². The molecule has 0 aliphatic carbocycles. The number of fused-ring (bicyclic) bond motifs is 1. The third-order valence-electron chi connectivity index (χ3n) is 10.5. The summed E-state index contributed by atoms with van der Waals surface area (Å²) in [5.41, 5.74) is 5.64. The van der Waals surface area contributed by atoms with Crippen molar-refractivity contribution in [2.75, 3.05) is 53.6 Å². The molecule has 5 aromatic rings. The molecular weight excluding hydrogens is 781 g/mol.